The Morgan fingerprint density at radius 1 is 1.50 bits per heavy atom. The number of hydrogen-bond acceptors (Lipinski definition) is 3. The Balaban J connectivity index is 3.19. The summed E-state index contributed by atoms with van der Waals surface area (Å²) in [4.78, 5) is 13.2. The topological polar surface area (TPSA) is 84.9 Å². The van der Waals surface area contributed by atoms with E-state index in [0.717, 1.165) is 0 Å². The molecule has 10 heavy (non-hydrogen) atoms. The molecule has 1 heterocycles. The zero-order chi connectivity index (χ0) is 7.56. The highest BCUT2D eigenvalue weighted by atomic mass is 16.1. The second-order valence-electron chi connectivity index (χ2n) is 2.01. The molecule has 0 aliphatic rings. The number of aromatic nitrogens is 1. The van der Waals surface area contributed by atoms with Crippen molar-refractivity contribution in [2.75, 3.05) is 5.73 Å². The van der Waals surface area contributed by atoms with Crippen LogP contribution in [-0.2, 0) is 6.54 Å². The Morgan fingerprint density at radius 2 is 2.20 bits per heavy atom. The van der Waals surface area contributed by atoms with Gasteiger partial charge in [0.25, 0.3) is 0 Å². The smallest absolute Gasteiger partial charge is 0.250 e. The van der Waals surface area contributed by atoms with Gasteiger partial charge in [0.1, 0.15) is 0 Å². The largest absolute Gasteiger partial charge is 0.399 e. The Morgan fingerprint density at radius 3 is 2.70 bits per heavy atom. The fraction of sp³-hybridized carbons (Fsp3) is 0.167. The average Bonchev–Trinajstić information content (AvgIpc) is 1.85. The van der Waals surface area contributed by atoms with Gasteiger partial charge in [0.15, 0.2) is 0 Å². The molecule has 1 aromatic heterocycles. The van der Waals surface area contributed by atoms with Gasteiger partial charge in [-0.3, -0.25) is 4.79 Å². The minimum absolute atomic E-state index is 0.208. The number of anilines is 1. The molecule has 4 heteroatoms. The van der Waals surface area contributed by atoms with E-state index >= 15 is 0 Å². The van der Waals surface area contributed by atoms with E-state index < -0.39 is 0 Å². The van der Waals surface area contributed by atoms with E-state index in [1.54, 1.807) is 6.07 Å². The lowest BCUT2D eigenvalue weighted by Crippen LogP contribution is -2.11. The maximum atomic E-state index is 10.7. The summed E-state index contributed by atoms with van der Waals surface area (Å²) in [7, 11) is 0. The standard InChI is InChI=1S/C6H9N3O/c7-3-5-1-4(8)2-6(10)9-5/h1-2H,3,7H2,(H3,8,9,10). The maximum absolute atomic E-state index is 10.7. The van der Waals surface area contributed by atoms with Gasteiger partial charge in [-0.05, 0) is 6.07 Å². The van der Waals surface area contributed by atoms with Crippen molar-refractivity contribution in [3.8, 4) is 0 Å². The van der Waals surface area contributed by atoms with Crippen LogP contribution >= 0.6 is 0 Å². The van der Waals surface area contributed by atoms with Crippen molar-refractivity contribution < 1.29 is 0 Å². The van der Waals surface area contributed by atoms with Crippen LogP contribution in [0.3, 0.4) is 0 Å². The summed E-state index contributed by atoms with van der Waals surface area (Å²) in [6, 6.07) is 2.96. The first-order valence-electron chi connectivity index (χ1n) is 2.91. The van der Waals surface area contributed by atoms with Gasteiger partial charge in [-0.25, -0.2) is 0 Å². The third-order valence-corrected chi connectivity index (χ3v) is 1.14. The lowest BCUT2D eigenvalue weighted by Gasteiger charge is -1.96. The van der Waals surface area contributed by atoms with Crippen LogP contribution in [0.4, 0.5) is 5.69 Å². The lowest BCUT2D eigenvalue weighted by molar-refractivity contribution is 0.975. The van der Waals surface area contributed by atoms with E-state index in [1.165, 1.54) is 6.07 Å². The van der Waals surface area contributed by atoms with Crippen molar-refractivity contribution >= 4 is 5.69 Å². The van der Waals surface area contributed by atoms with Crippen LogP contribution in [0.5, 0.6) is 0 Å². The summed E-state index contributed by atoms with van der Waals surface area (Å²) in [5.74, 6) is 0. The maximum Gasteiger partial charge on any atom is 0.250 e. The second kappa shape index (κ2) is 2.53. The molecule has 4 nitrogen and oxygen atoms in total. The van der Waals surface area contributed by atoms with Crippen molar-refractivity contribution in [2.45, 2.75) is 6.54 Å². The molecular weight excluding hydrogens is 130 g/mol. The fourth-order valence-electron chi connectivity index (χ4n) is 0.735. The fourth-order valence-corrected chi connectivity index (χ4v) is 0.735. The van der Waals surface area contributed by atoms with E-state index in [0.29, 0.717) is 17.9 Å². The molecule has 0 aliphatic heterocycles. The Kier molecular flexibility index (Phi) is 1.73. The first-order chi connectivity index (χ1) is 4.72. The van der Waals surface area contributed by atoms with E-state index in [-0.39, 0.29) is 5.56 Å². The number of rotatable bonds is 1. The zero-order valence-corrected chi connectivity index (χ0v) is 5.42. The highest BCUT2D eigenvalue weighted by molar-refractivity contribution is 5.37. The van der Waals surface area contributed by atoms with E-state index in [4.69, 9.17) is 11.5 Å². The van der Waals surface area contributed by atoms with Crippen LogP contribution < -0.4 is 17.0 Å². The third-order valence-electron chi connectivity index (χ3n) is 1.14. The summed E-state index contributed by atoms with van der Waals surface area (Å²) in [6.45, 7) is 0.306. The molecule has 0 atom stereocenters. The molecule has 54 valence electrons. The highest BCUT2D eigenvalue weighted by Gasteiger charge is 1.91. The van der Waals surface area contributed by atoms with Gasteiger partial charge >= 0.3 is 0 Å². The monoisotopic (exact) mass is 139 g/mol. The molecule has 0 aliphatic carbocycles. The number of aromatic amines is 1. The number of H-pyrrole nitrogens is 1. The van der Waals surface area contributed by atoms with E-state index in [9.17, 15) is 4.79 Å². The van der Waals surface area contributed by atoms with Gasteiger partial charge < -0.3 is 16.5 Å². The molecule has 1 aromatic rings. The van der Waals surface area contributed by atoms with Crippen LogP contribution in [-0.4, -0.2) is 4.98 Å². The molecule has 0 radical (unpaired) electrons. The number of hydrogen-bond donors (Lipinski definition) is 3. The molecule has 0 aromatic carbocycles. The van der Waals surface area contributed by atoms with Crippen LogP contribution in [0.2, 0.25) is 0 Å². The molecular formula is C6H9N3O. The lowest BCUT2D eigenvalue weighted by atomic mass is 10.3. The van der Waals surface area contributed by atoms with E-state index in [1.807, 2.05) is 0 Å². The Hall–Kier alpha value is -1.29. The molecule has 0 saturated heterocycles. The number of nitrogens with one attached hydrogen (secondary N) is 1. The van der Waals surface area contributed by atoms with E-state index in [2.05, 4.69) is 4.98 Å². The molecule has 0 amide bonds. The highest BCUT2D eigenvalue weighted by Crippen LogP contribution is 1.97. The van der Waals surface area contributed by atoms with Crippen molar-refractivity contribution in [3.63, 3.8) is 0 Å². The van der Waals surface area contributed by atoms with Crippen LogP contribution in [0.25, 0.3) is 0 Å². The first kappa shape index (κ1) is 6.82. The predicted octanol–water partition coefficient (Wildman–Crippen LogP) is -0.584. The van der Waals surface area contributed by atoms with Gasteiger partial charge in [0.2, 0.25) is 5.56 Å². The van der Waals surface area contributed by atoms with Crippen LogP contribution in [0.1, 0.15) is 5.69 Å². The number of nitrogen functional groups attached to an aromatic ring is 1. The number of pyridine rings is 1. The summed E-state index contributed by atoms with van der Waals surface area (Å²) in [6.07, 6.45) is 0. The average molecular weight is 139 g/mol. The SMILES string of the molecule is NCc1cc(N)cc(=O)[nH]1. The molecule has 5 N–H and O–H groups in total. The van der Waals surface area contributed by atoms with Gasteiger partial charge in [-0.2, -0.15) is 0 Å². The summed E-state index contributed by atoms with van der Waals surface area (Å²) in [5.41, 5.74) is 11.5. The van der Waals surface area contributed by atoms with Gasteiger partial charge in [-0.1, -0.05) is 0 Å². The van der Waals surface area contributed by atoms with Crippen molar-refractivity contribution in [1.29, 1.82) is 0 Å². The van der Waals surface area contributed by atoms with Crippen LogP contribution in [0, 0.1) is 0 Å². The molecule has 1 rings (SSSR count). The zero-order valence-electron chi connectivity index (χ0n) is 5.42. The third kappa shape index (κ3) is 1.35. The van der Waals surface area contributed by atoms with Crippen molar-refractivity contribution in [1.82, 2.24) is 4.98 Å². The Labute approximate surface area is 57.9 Å². The minimum atomic E-state index is -0.208. The summed E-state index contributed by atoms with van der Waals surface area (Å²) < 4.78 is 0. The molecule has 0 unspecified atom stereocenters. The second-order valence-corrected chi connectivity index (χ2v) is 2.01. The van der Waals surface area contributed by atoms with Gasteiger partial charge in [0, 0.05) is 24.0 Å². The van der Waals surface area contributed by atoms with Gasteiger partial charge in [0.05, 0.1) is 0 Å². The molecule has 0 bridgehead atoms. The van der Waals surface area contributed by atoms with Crippen LogP contribution in [0.15, 0.2) is 16.9 Å². The first-order valence-corrected chi connectivity index (χ1v) is 2.91. The van der Waals surface area contributed by atoms with Crippen molar-refractivity contribution in [2.24, 2.45) is 5.73 Å². The minimum Gasteiger partial charge on any atom is -0.399 e. The quantitative estimate of drug-likeness (QED) is 0.486. The molecule has 0 spiro atoms. The van der Waals surface area contributed by atoms with Crippen molar-refractivity contribution in [3.05, 3.63) is 28.2 Å². The number of nitrogens with two attached hydrogens (primary N) is 2. The summed E-state index contributed by atoms with van der Waals surface area (Å²) >= 11 is 0. The molecule has 0 saturated carbocycles. The molecule has 0 fully saturated rings. The predicted molar refractivity (Wildman–Crippen MR) is 39.4 cm³/mol. The normalized spacial score (nSPS) is 9.70. The summed E-state index contributed by atoms with van der Waals surface area (Å²) in [5, 5.41) is 0. The Bertz CT molecular complexity index is 279. The van der Waals surface area contributed by atoms with Gasteiger partial charge in [-0.15, -0.1) is 0 Å².